The van der Waals surface area contributed by atoms with Gasteiger partial charge in [-0.2, -0.15) is 5.10 Å². The number of fused-ring (bicyclic) bond motifs is 1. The molecule has 1 saturated heterocycles. The van der Waals surface area contributed by atoms with Gasteiger partial charge in [-0.15, -0.1) is 0 Å². The Bertz CT molecular complexity index is 1020. The lowest BCUT2D eigenvalue weighted by molar-refractivity contribution is 0.0954. The second-order valence-electron chi connectivity index (χ2n) is 7.24. The molecule has 0 spiro atoms. The van der Waals surface area contributed by atoms with E-state index in [2.05, 4.69) is 27.5 Å². The number of pyridine rings is 1. The zero-order valence-electron chi connectivity index (χ0n) is 16.5. The molecule has 0 saturated carbocycles. The SMILES string of the molecule is CN1CCC(=NNC(=O)c2ccc(COc3cccc4cccnc34)cc2)CC1. The molecule has 6 heteroatoms. The van der Waals surface area contributed by atoms with Crippen LogP contribution in [0.3, 0.4) is 0 Å². The van der Waals surface area contributed by atoms with Crippen molar-refractivity contribution in [3.8, 4) is 5.75 Å². The van der Waals surface area contributed by atoms with E-state index in [-0.39, 0.29) is 5.91 Å². The molecule has 1 aliphatic heterocycles. The molecule has 1 fully saturated rings. The Balaban J connectivity index is 1.35. The van der Waals surface area contributed by atoms with Crippen LogP contribution in [0.1, 0.15) is 28.8 Å². The van der Waals surface area contributed by atoms with Crippen LogP contribution < -0.4 is 10.2 Å². The molecule has 0 atom stereocenters. The molecular weight excluding hydrogens is 364 g/mol. The average Bonchev–Trinajstić information content (AvgIpc) is 2.77. The van der Waals surface area contributed by atoms with Gasteiger partial charge in [-0.25, -0.2) is 5.43 Å². The van der Waals surface area contributed by atoms with Crippen LogP contribution in [-0.4, -0.2) is 41.6 Å². The Hall–Kier alpha value is -3.25. The number of benzene rings is 2. The van der Waals surface area contributed by atoms with E-state index >= 15 is 0 Å². The van der Waals surface area contributed by atoms with Gasteiger partial charge < -0.3 is 9.64 Å². The first-order chi connectivity index (χ1) is 14.2. The third kappa shape index (κ3) is 4.78. The number of carbonyl (C=O) groups is 1. The third-order valence-electron chi connectivity index (χ3n) is 5.09. The maximum absolute atomic E-state index is 12.3. The summed E-state index contributed by atoms with van der Waals surface area (Å²) in [5.74, 6) is 0.557. The van der Waals surface area contributed by atoms with Crippen molar-refractivity contribution in [3.63, 3.8) is 0 Å². The van der Waals surface area contributed by atoms with Crippen molar-refractivity contribution >= 4 is 22.5 Å². The zero-order valence-corrected chi connectivity index (χ0v) is 16.5. The molecule has 6 nitrogen and oxygen atoms in total. The number of rotatable bonds is 5. The number of hydrogen-bond donors (Lipinski definition) is 1. The fraction of sp³-hybridized carbons (Fsp3) is 0.261. The summed E-state index contributed by atoms with van der Waals surface area (Å²) < 4.78 is 5.95. The van der Waals surface area contributed by atoms with Crippen LogP contribution in [0.15, 0.2) is 65.9 Å². The van der Waals surface area contributed by atoms with E-state index in [1.165, 1.54) is 0 Å². The third-order valence-corrected chi connectivity index (χ3v) is 5.09. The van der Waals surface area contributed by atoms with Crippen molar-refractivity contribution in [3.05, 3.63) is 71.9 Å². The molecule has 4 rings (SSSR count). The zero-order chi connectivity index (χ0) is 20.1. The minimum Gasteiger partial charge on any atom is -0.487 e. The predicted octanol–water partition coefficient (Wildman–Crippen LogP) is 3.63. The number of ether oxygens (including phenoxy) is 1. The van der Waals surface area contributed by atoms with Crippen LogP contribution in [0.25, 0.3) is 10.9 Å². The molecule has 29 heavy (non-hydrogen) atoms. The number of hydrogen-bond acceptors (Lipinski definition) is 5. The quantitative estimate of drug-likeness (QED) is 0.678. The van der Waals surface area contributed by atoms with Gasteiger partial charge in [0.25, 0.3) is 5.91 Å². The summed E-state index contributed by atoms with van der Waals surface area (Å²) in [4.78, 5) is 19.0. The summed E-state index contributed by atoms with van der Waals surface area (Å²) in [5, 5.41) is 5.32. The van der Waals surface area contributed by atoms with E-state index in [0.29, 0.717) is 12.2 Å². The van der Waals surface area contributed by atoms with Crippen molar-refractivity contribution < 1.29 is 9.53 Å². The van der Waals surface area contributed by atoms with Crippen molar-refractivity contribution in [2.75, 3.05) is 20.1 Å². The Labute approximate surface area is 170 Å². The summed E-state index contributed by atoms with van der Waals surface area (Å²) in [6, 6.07) is 17.2. The number of nitrogens with one attached hydrogen (secondary N) is 1. The van der Waals surface area contributed by atoms with Gasteiger partial charge in [-0.05, 0) is 36.9 Å². The Morgan fingerprint density at radius 2 is 1.86 bits per heavy atom. The van der Waals surface area contributed by atoms with E-state index in [0.717, 1.165) is 53.9 Å². The monoisotopic (exact) mass is 388 g/mol. The average molecular weight is 388 g/mol. The number of hydrazone groups is 1. The Morgan fingerprint density at radius 3 is 2.66 bits per heavy atom. The van der Waals surface area contributed by atoms with Crippen LogP contribution in [0.2, 0.25) is 0 Å². The molecule has 0 unspecified atom stereocenters. The van der Waals surface area contributed by atoms with Gasteiger partial charge in [-0.3, -0.25) is 9.78 Å². The van der Waals surface area contributed by atoms with Crippen molar-refractivity contribution in [1.82, 2.24) is 15.3 Å². The molecule has 0 bridgehead atoms. The van der Waals surface area contributed by atoms with E-state index in [4.69, 9.17) is 4.74 Å². The normalized spacial score (nSPS) is 14.6. The molecule has 1 N–H and O–H groups in total. The van der Waals surface area contributed by atoms with Crippen LogP contribution in [0.4, 0.5) is 0 Å². The number of piperidine rings is 1. The molecule has 0 aliphatic carbocycles. The fourth-order valence-electron chi connectivity index (χ4n) is 3.29. The molecule has 0 radical (unpaired) electrons. The summed E-state index contributed by atoms with van der Waals surface area (Å²) in [6.45, 7) is 2.37. The van der Waals surface area contributed by atoms with E-state index in [1.54, 1.807) is 18.3 Å². The number of carbonyl (C=O) groups excluding carboxylic acids is 1. The van der Waals surface area contributed by atoms with Gasteiger partial charge in [0.15, 0.2) is 0 Å². The first-order valence-corrected chi connectivity index (χ1v) is 9.79. The highest BCUT2D eigenvalue weighted by Crippen LogP contribution is 2.23. The van der Waals surface area contributed by atoms with Crippen LogP contribution in [0, 0.1) is 0 Å². The smallest absolute Gasteiger partial charge is 0.271 e. The van der Waals surface area contributed by atoms with Crippen molar-refractivity contribution in [2.45, 2.75) is 19.4 Å². The van der Waals surface area contributed by atoms with Crippen LogP contribution in [-0.2, 0) is 6.61 Å². The van der Waals surface area contributed by atoms with Gasteiger partial charge in [0.2, 0.25) is 0 Å². The van der Waals surface area contributed by atoms with Gasteiger partial charge in [0.1, 0.15) is 17.9 Å². The number of para-hydroxylation sites is 1. The molecule has 1 amide bonds. The highest BCUT2D eigenvalue weighted by atomic mass is 16.5. The largest absolute Gasteiger partial charge is 0.487 e. The van der Waals surface area contributed by atoms with Crippen LogP contribution >= 0.6 is 0 Å². The van der Waals surface area contributed by atoms with Crippen molar-refractivity contribution in [1.29, 1.82) is 0 Å². The molecule has 2 aromatic carbocycles. The van der Waals surface area contributed by atoms with E-state index < -0.39 is 0 Å². The second kappa shape index (κ2) is 8.84. The summed E-state index contributed by atoms with van der Waals surface area (Å²) >= 11 is 0. The highest BCUT2D eigenvalue weighted by molar-refractivity contribution is 5.95. The lowest BCUT2D eigenvalue weighted by atomic mass is 10.1. The predicted molar refractivity (Wildman–Crippen MR) is 114 cm³/mol. The lowest BCUT2D eigenvalue weighted by Gasteiger charge is -2.22. The molecule has 148 valence electrons. The summed E-state index contributed by atoms with van der Waals surface area (Å²) in [7, 11) is 2.09. The molecule has 3 aromatic rings. The maximum atomic E-state index is 12.3. The molecular formula is C23H24N4O2. The van der Waals surface area contributed by atoms with Crippen molar-refractivity contribution in [2.24, 2.45) is 5.10 Å². The Morgan fingerprint density at radius 1 is 1.10 bits per heavy atom. The molecule has 1 aliphatic rings. The summed E-state index contributed by atoms with van der Waals surface area (Å²) in [5.41, 5.74) is 6.13. The van der Waals surface area contributed by atoms with Gasteiger partial charge >= 0.3 is 0 Å². The van der Waals surface area contributed by atoms with E-state index in [9.17, 15) is 4.79 Å². The Kier molecular flexibility index (Phi) is 5.81. The van der Waals surface area contributed by atoms with Crippen LogP contribution in [0.5, 0.6) is 5.75 Å². The van der Waals surface area contributed by atoms with Gasteiger partial charge in [0, 0.05) is 48.8 Å². The number of likely N-dealkylation sites (tertiary alicyclic amines) is 1. The van der Waals surface area contributed by atoms with Gasteiger partial charge in [-0.1, -0.05) is 30.3 Å². The van der Waals surface area contributed by atoms with Gasteiger partial charge in [0.05, 0.1) is 0 Å². The first kappa shape index (κ1) is 19.1. The number of nitrogens with zero attached hydrogens (tertiary/aromatic N) is 3. The first-order valence-electron chi connectivity index (χ1n) is 9.79. The molecule has 2 heterocycles. The summed E-state index contributed by atoms with van der Waals surface area (Å²) in [6.07, 6.45) is 3.56. The number of aromatic nitrogens is 1. The topological polar surface area (TPSA) is 66.8 Å². The number of amides is 1. The maximum Gasteiger partial charge on any atom is 0.271 e. The molecule has 1 aromatic heterocycles. The second-order valence-corrected chi connectivity index (χ2v) is 7.24. The van der Waals surface area contributed by atoms with E-state index in [1.807, 2.05) is 42.5 Å². The standard InChI is InChI=1S/C23H24N4O2/c1-27-14-11-20(12-15-27)25-26-23(28)19-9-7-17(8-10-19)16-29-21-6-2-4-18-5-3-13-24-22(18)21/h2-10,13H,11-12,14-16H2,1H3,(H,26,28). The minimum atomic E-state index is -0.192. The highest BCUT2D eigenvalue weighted by Gasteiger charge is 2.12. The lowest BCUT2D eigenvalue weighted by Crippen LogP contribution is -2.32. The minimum absolute atomic E-state index is 0.192. The fourth-order valence-corrected chi connectivity index (χ4v) is 3.29.